The summed E-state index contributed by atoms with van der Waals surface area (Å²) in [4.78, 5) is 9.92. The topological polar surface area (TPSA) is 59.8 Å². The Hall–Kier alpha value is -1.95. The van der Waals surface area contributed by atoms with Crippen molar-refractivity contribution in [2.75, 3.05) is 5.32 Å². The van der Waals surface area contributed by atoms with E-state index >= 15 is 0 Å². The van der Waals surface area contributed by atoms with E-state index in [1.807, 2.05) is 0 Å². The van der Waals surface area contributed by atoms with E-state index in [-0.39, 0.29) is 5.02 Å². The molecule has 1 unspecified atom stereocenters. The Morgan fingerprint density at radius 1 is 1.14 bits per heavy atom. The number of hydrogen-bond donors (Lipinski definition) is 1. The van der Waals surface area contributed by atoms with Crippen molar-refractivity contribution in [3.63, 3.8) is 0 Å². The van der Waals surface area contributed by atoms with Crippen molar-refractivity contribution in [3.8, 4) is 0 Å². The number of nitrogens with zero attached hydrogens (tertiary/aromatic N) is 3. The van der Waals surface area contributed by atoms with Crippen LogP contribution in [0.15, 0.2) is 18.2 Å². The number of amides is 1. The predicted octanol–water partition coefficient (Wildman–Crippen LogP) is 5.84. The molecule has 2 rings (SSSR count). The van der Waals surface area contributed by atoms with Gasteiger partial charge in [0, 0.05) is 29.6 Å². The van der Waals surface area contributed by atoms with Gasteiger partial charge in [-0.05, 0) is 50.3 Å². The first-order valence-electron chi connectivity index (χ1n) is 9.91. The fourth-order valence-electron chi connectivity index (χ4n) is 2.74. The van der Waals surface area contributed by atoms with Crippen LogP contribution in [0.25, 0.3) is 0 Å². The number of anilines is 1. The number of aromatic nitrogens is 3. The van der Waals surface area contributed by atoms with E-state index in [1.54, 1.807) is 0 Å². The van der Waals surface area contributed by atoms with Gasteiger partial charge in [-0.2, -0.15) is 0 Å². The highest BCUT2D eigenvalue weighted by Crippen LogP contribution is 2.19. The smallest absolute Gasteiger partial charge is 0.211 e. The number of aryl methyl sites for hydroxylation is 2. The monoisotopic (exact) mass is 410 g/mol. The van der Waals surface area contributed by atoms with Crippen molar-refractivity contribution in [2.24, 2.45) is 5.92 Å². The van der Waals surface area contributed by atoms with Gasteiger partial charge in [-0.1, -0.05) is 39.3 Å². The second-order valence-electron chi connectivity index (χ2n) is 7.26. The summed E-state index contributed by atoms with van der Waals surface area (Å²) in [6, 6.07) is 4.32. The molecule has 2 aromatic rings. The van der Waals surface area contributed by atoms with Gasteiger partial charge < -0.3 is 9.88 Å². The van der Waals surface area contributed by atoms with Crippen LogP contribution in [-0.2, 0) is 17.6 Å². The van der Waals surface area contributed by atoms with Crippen LogP contribution in [-0.4, -0.2) is 21.2 Å². The molecule has 1 aromatic carbocycles. The molecule has 0 aliphatic rings. The van der Waals surface area contributed by atoms with Crippen LogP contribution in [0.2, 0.25) is 5.02 Å². The lowest BCUT2D eigenvalue weighted by molar-refractivity contribution is -0.105. The lowest BCUT2D eigenvalue weighted by Gasteiger charge is -2.16. The molecule has 5 nitrogen and oxygen atoms in total. The Morgan fingerprint density at radius 2 is 1.79 bits per heavy atom. The molecule has 1 atom stereocenters. The number of hydrogen-bond acceptors (Lipinski definition) is 3. The first-order chi connectivity index (χ1) is 13.3. The normalized spacial score (nSPS) is 11.7. The van der Waals surface area contributed by atoms with Crippen LogP contribution in [0.1, 0.15) is 71.6 Å². The number of nitrogens with one attached hydrogen (secondary N) is 1. The summed E-state index contributed by atoms with van der Waals surface area (Å²) >= 11 is 5.49. The highest BCUT2D eigenvalue weighted by molar-refractivity contribution is 6.30. The molecule has 1 aromatic heterocycles. The first-order valence-corrected chi connectivity index (χ1v) is 10.3. The SMILES string of the molecule is CCCc1nnc(CCC(C)C)n1C(C)CC.O=CNc1cc(F)cc(Cl)c1. The second-order valence-corrected chi connectivity index (χ2v) is 7.70. The Labute approximate surface area is 172 Å². The molecular weight excluding hydrogens is 379 g/mol. The summed E-state index contributed by atoms with van der Waals surface area (Å²) in [6.45, 7) is 11.2. The number of halogens is 2. The molecule has 0 saturated heterocycles. The average Bonchev–Trinajstić information content (AvgIpc) is 3.02. The van der Waals surface area contributed by atoms with Gasteiger partial charge in [0.15, 0.2) is 0 Å². The zero-order chi connectivity index (χ0) is 21.1. The Morgan fingerprint density at radius 3 is 2.29 bits per heavy atom. The van der Waals surface area contributed by atoms with Crippen LogP contribution in [0.3, 0.4) is 0 Å². The maximum absolute atomic E-state index is 12.5. The lowest BCUT2D eigenvalue weighted by Crippen LogP contribution is -2.13. The number of benzene rings is 1. The molecule has 28 heavy (non-hydrogen) atoms. The Balaban J connectivity index is 0.000000307. The molecule has 1 amide bonds. The largest absolute Gasteiger partial charge is 0.329 e. The molecule has 7 heteroatoms. The van der Waals surface area contributed by atoms with Crippen molar-refractivity contribution in [3.05, 3.63) is 40.7 Å². The van der Waals surface area contributed by atoms with Crippen molar-refractivity contribution in [2.45, 2.75) is 72.8 Å². The van der Waals surface area contributed by atoms with Gasteiger partial charge in [0.05, 0.1) is 0 Å². The number of carbonyl (C=O) groups is 1. The molecule has 0 bridgehead atoms. The highest BCUT2D eigenvalue weighted by Gasteiger charge is 2.15. The fourth-order valence-corrected chi connectivity index (χ4v) is 2.96. The molecule has 156 valence electrons. The van der Waals surface area contributed by atoms with Crippen LogP contribution >= 0.6 is 11.6 Å². The number of carbonyl (C=O) groups excluding carboxylic acids is 1. The van der Waals surface area contributed by atoms with E-state index in [2.05, 4.69) is 54.7 Å². The lowest BCUT2D eigenvalue weighted by atomic mass is 10.1. The van der Waals surface area contributed by atoms with E-state index in [0.717, 1.165) is 37.7 Å². The second kappa shape index (κ2) is 12.5. The molecular formula is C21H32ClFN4O. The molecule has 0 radical (unpaired) electrons. The summed E-state index contributed by atoms with van der Waals surface area (Å²) in [6.07, 6.45) is 6.03. The summed E-state index contributed by atoms with van der Waals surface area (Å²) < 4.78 is 14.9. The van der Waals surface area contributed by atoms with Gasteiger partial charge in [-0.25, -0.2) is 4.39 Å². The summed E-state index contributed by atoms with van der Waals surface area (Å²) in [5.74, 6) is 2.60. The third-order valence-electron chi connectivity index (χ3n) is 4.38. The summed E-state index contributed by atoms with van der Waals surface area (Å²) in [5.41, 5.74) is 0.352. The van der Waals surface area contributed by atoms with Crippen LogP contribution in [0, 0.1) is 11.7 Å². The molecule has 0 fully saturated rings. The van der Waals surface area contributed by atoms with Gasteiger partial charge in [-0.3, -0.25) is 4.79 Å². The minimum atomic E-state index is -0.471. The molecule has 0 aliphatic carbocycles. The third kappa shape index (κ3) is 7.97. The van der Waals surface area contributed by atoms with Crippen molar-refractivity contribution >= 4 is 23.7 Å². The highest BCUT2D eigenvalue weighted by atomic mass is 35.5. The van der Waals surface area contributed by atoms with Gasteiger partial charge in [0.2, 0.25) is 6.41 Å². The van der Waals surface area contributed by atoms with E-state index in [0.29, 0.717) is 18.1 Å². The molecule has 0 aliphatic heterocycles. The van der Waals surface area contributed by atoms with Crippen molar-refractivity contribution < 1.29 is 9.18 Å². The van der Waals surface area contributed by atoms with Gasteiger partial charge in [0.1, 0.15) is 17.5 Å². The third-order valence-corrected chi connectivity index (χ3v) is 4.59. The van der Waals surface area contributed by atoms with Gasteiger partial charge in [0.25, 0.3) is 0 Å². The summed E-state index contributed by atoms with van der Waals surface area (Å²) in [7, 11) is 0. The predicted molar refractivity (Wildman–Crippen MR) is 113 cm³/mol. The fraction of sp³-hybridized carbons (Fsp3) is 0.571. The van der Waals surface area contributed by atoms with E-state index in [4.69, 9.17) is 11.6 Å². The molecule has 0 saturated carbocycles. The molecule has 0 spiro atoms. The standard InChI is InChI=1S/C14H27N3.C7H5ClFNO/c1-6-8-13-15-16-14(10-9-11(3)4)17(13)12(5)7-2;8-5-1-6(9)3-7(2-5)10-4-11/h11-12H,6-10H2,1-5H3;1-4H,(H,10,11). The summed E-state index contributed by atoms with van der Waals surface area (Å²) in [5, 5.41) is 11.3. The Bertz CT molecular complexity index is 713. The maximum Gasteiger partial charge on any atom is 0.211 e. The van der Waals surface area contributed by atoms with Crippen molar-refractivity contribution in [1.82, 2.24) is 14.8 Å². The van der Waals surface area contributed by atoms with Gasteiger partial charge in [-0.15, -0.1) is 10.2 Å². The van der Waals surface area contributed by atoms with E-state index in [1.165, 1.54) is 30.2 Å². The van der Waals surface area contributed by atoms with Crippen LogP contribution in [0.4, 0.5) is 10.1 Å². The van der Waals surface area contributed by atoms with Gasteiger partial charge >= 0.3 is 0 Å². The van der Waals surface area contributed by atoms with Crippen LogP contribution in [0.5, 0.6) is 0 Å². The first kappa shape index (κ1) is 24.1. The zero-order valence-electron chi connectivity index (χ0n) is 17.5. The Kier molecular flexibility index (Phi) is 10.8. The minimum Gasteiger partial charge on any atom is -0.329 e. The quantitative estimate of drug-likeness (QED) is 0.528. The number of rotatable bonds is 9. The van der Waals surface area contributed by atoms with Crippen molar-refractivity contribution in [1.29, 1.82) is 0 Å². The maximum atomic E-state index is 12.5. The van der Waals surface area contributed by atoms with E-state index < -0.39 is 5.82 Å². The van der Waals surface area contributed by atoms with E-state index in [9.17, 15) is 9.18 Å². The molecule has 1 N–H and O–H groups in total. The minimum absolute atomic E-state index is 0.259. The zero-order valence-corrected chi connectivity index (χ0v) is 18.3. The average molecular weight is 411 g/mol. The molecule has 1 heterocycles. The van der Waals surface area contributed by atoms with Crippen LogP contribution < -0.4 is 5.32 Å².